The third-order valence-electron chi connectivity index (χ3n) is 4.41. The van der Waals surface area contributed by atoms with Crippen LogP contribution in [0.3, 0.4) is 0 Å². The molecule has 1 heterocycles. The van der Waals surface area contributed by atoms with Crippen molar-refractivity contribution in [1.82, 2.24) is 14.9 Å². The summed E-state index contributed by atoms with van der Waals surface area (Å²) in [7, 11) is 0. The fraction of sp³-hybridized carbons (Fsp3) is 0.143. The molecular formula is C21H19ClN4O3. The first-order chi connectivity index (χ1) is 13.9. The highest BCUT2D eigenvalue weighted by molar-refractivity contribution is 6.38. The summed E-state index contributed by atoms with van der Waals surface area (Å²) in [5.74, 6) is -2.00. The number of carbonyl (C=O) groups is 3. The second-order valence-corrected chi connectivity index (χ2v) is 6.83. The van der Waals surface area contributed by atoms with Crippen molar-refractivity contribution in [2.75, 3.05) is 0 Å². The zero-order valence-electron chi connectivity index (χ0n) is 15.6. The number of halogens is 1. The molecule has 0 radical (unpaired) electrons. The number of nitrogens with two attached hydrogens (primary N) is 1. The summed E-state index contributed by atoms with van der Waals surface area (Å²) in [4.78, 5) is 40.9. The first-order valence-electron chi connectivity index (χ1n) is 8.86. The molecule has 1 atom stereocenters. The van der Waals surface area contributed by atoms with Crippen LogP contribution in [0, 0.1) is 6.92 Å². The molecule has 0 fully saturated rings. The van der Waals surface area contributed by atoms with Crippen LogP contribution in [0.25, 0.3) is 5.69 Å². The number of primary amides is 1. The molecule has 0 spiro atoms. The molecule has 2 amide bonds. The van der Waals surface area contributed by atoms with Crippen molar-refractivity contribution in [2.24, 2.45) is 5.73 Å². The number of hydrogen-bond acceptors (Lipinski definition) is 4. The van der Waals surface area contributed by atoms with Crippen LogP contribution in [0.2, 0.25) is 5.02 Å². The van der Waals surface area contributed by atoms with Crippen LogP contribution in [0.4, 0.5) is 0 Å². The number of rotatable bonds is 7. The number of hydrogen-bond donors (Lipinski definition) is 2. The van der Waals surface area contributed by atoms with Crippen molar-refractivity contribution in [2.45, 2.75) is 19.4 Å². The molecule has 2 aromatic carbocycles. The van der Waals surface area contributed by atoms with E-state index in [-0.39, 0.29) is 12.1 Å². The van der Waals surface area contributed by atoms with E-state index in [4.69, 9.17) is 17.3 Å². The Morgan fingerprint density at radius 3 is 2.41 bits per heavy atom. The first-order valence-corrected chi connectivity index (χ1v) is 9.24. The number of carbonyl (C=O) groups excluding carboxylic acids is 3. The molecule has 3 N–H and O–H groups in total. The largest absolute Gasteiger partial charge is 0.363 e. The smallest absolute Gasteiger partial charge is 0.287 e. The van der Waals surface area contributed by atoms with Crippen molar-refractivity contribution in [3.05, 3.63) is 82.9 Å². The molecule has 8 heteroatoms. The minimum atomic E-state index is -1.11. The summed E-state index contributed by atoms with van der Waals surface area (Å²) in [5, 5.41) is 3.05. The SMILES string of the molecule is Cc1ncc(C(=O)NC(Cc2ccccc2)C(=O)C(N)=O)n1-c1ccccc1Cl. The molecule has 7 nitrogen and oxygen atoms in total. The Labute approximate surface area is 172 Å². The maximum atomic E-state index is 13.0. The van der Waals surface area contributed by atoms with Gasteiger partial charge in [0.2, 0.25) is 5.78 Å². The van der Waals surface area contributed by atoms with Gasteiger partial charge in [-0.05, 0) is 24.6 Å². The Balaban J connectivity index is 1.92. The summed E-state index contributed by atoms with van der Waals surface area (Å²) >= 11 is 6.27. The molecule has 3 rings (SSSR count). The lowest BCUT2D eigenvalue weighted by Gasteiger charge is -2.18. The lowest BCUT2D eigenvalue weighted by molar-refractivity contribution is -0.137. The maximum absolute atomic E-state index is 13.0. The molecule has 1 aromatic heterocycles. The van der Waals surface area contributed by atoms with Crippen molar-refractivity contribution >= 4 is 29.2 Å². The van der Waals surface area contributed by atoms with Crippen LogP contribution in [0.15, 0.2) is 60.8 Å². The summed E-state index contributed by atoms with van der Waals surface area (Å²) in [6, 6.07) is 15.0. The number of amides is 2. The Hall–Kier alpha value is -3.45. The van der Waals surface area contributed by atoms with E-state index < -0.39 is 23.6 Å². The molecule has 0 saturated heterocycles. The van der Waals surface area contributed by atoms with Gasteiger partial charge in [-0.1, -0.05) is 54.1 Å². The van der Waals surface area contributed by atoms with Gasteiger partial charge in [0.25, 0.3) is 11.8 Å². The summed E-state index contributed by atoms with van der Waals surface area (Å²) < 4.78 is 1.59. The normalized spacial score (nSPS) is 11.7. The molecule has 0 aliphatic heterocycles. The molecule has 0 saturated carbocycles. The van der Waals surface area contributed by atoms with E-state index in [0.29, 0.717) is 16.5 Å². The Morgan fingerprint density at radius 1 is 1.10 bits per heavy atom. The highest BCUT2D eigenvalue weighted by Crippen LogP contribution is 2.23. The van der Waals surface area contributed by atoms with E-state index in [2.05, 4.69) is 10.3 Å². The van der Waals surface area contributed by atoms with Crippen molar-refractivity contribution in [1.29, 1.82) is 0 Å². The molecule has 29 heavy (non-hydrogen) atoms. The predicted molar refractivity (Wildman–Crippen MR) is 109 cm³/mol. The first kappa shape index (κ1) is 20.3. The van der Waals surface area contributed by atoms with Crippen LogP contribution in [-0.2, 0) is 16.0 Å². The standard InChI is InChI=1S/C21H19ClN4O3/c1-13-24-12-18(26(13)17-10-6-5-9-15(17)22)21(29)25-16(19(27)20(23)28)11-14-7-3-2-4-8-14/h2-10,12,16H,11H2,1H3,(H2,23,28)(H,25,29). The van der Waals surface area contributed by atoms with Gasteiger partial charge in [0.05, 0.1) is 16.9 Å². The average molecular weight is 411 g/mol. The van der Waals surface area contributed by atoms with Gasteiger partial charge in [0.1, 0.15) is 17.6 Å². The maximum Gasteiger partial charge on any atom is 0.287 e. The van der Waals surface area contributed by atoms with Crippen LogP contribution >= 0.6 is 11.6 Å². The van der Waals surface area contributed by atoms with Crippen LogP contribution in [0.5, 0.6) is 0 Å². The Bertz CT molecular complexity index is 1060. The number of imidazole rings is 1. The molecule has 0 bridgehead atoms. The zero-order chi connectivity index (χ0) is 21.0. The average Bonchev–Trinajstić information content (AvgIpc) is 3.09. The van der Waals surface area contributed by atoms with Gasteiger partial charge < -0.3 is 11.1 Å². The Morgan fingerprint density at radius 2 is 1.76 bits per heavy atom. The Kier molecular flexibility index (Phi) is 6.09. The lowest BCUT2D eigenvalue weighted by Crippen LogP contribution is -2.47. The third kappa shape index (κ3) is 4.52. The van der Waals surface area contributed by atoms with Crippen molar-refractivity contribution in [3.8, 4) is 5.69 Å². The van der Waals surface area contributed by atoms with E-state index in [0.717, 1.165) is 5.56 Å². The second kappa shape index (κ2) is 8.70. The number of aryl methyl sites for hydroxylation is 1. The third-order valence-corrected chi connectivity index (χ3v) is 4.73. The predicted octanol–water partition coefficient (Wildman–Crippen LogP) is 2.23. The highest BCUT2D eigenvalue weighted by atomic mass is 35.5. The number of aromatic nitrogens is 2. The number of para-hydroxylation sites is 1. The number of Topliss-reactive ketones (excluding diaryl/α,β-unsaturated/α-hetero) is 1. The highest BCUT2D eigenvalue weighted by Gasteiger charge is 2.27. The number of benzene rings is 2. The fourth-order valence-electron chi connectivity index (χ4n) is 3.00. The lowest BCUT2D eigenvalue weighted by atomic mass is 10.0. The van der Waals surface area contributed by atoms with E-state index in [1.807, 2.05) is 6.07 Å². The van der Waals surface area contributed by atoms with Gasteiger partial charge >= 0.3 is 0 Å². The number of nitrogens with one attached hydrogen (secondary N) is 1. The van der Waals surface area contributed by atoms with Gasteiger partial charge in [-0.2, -0.15) is 0 Å². The summed E-state index contributed by atoms with van der Waals surface area (Å²) in [6.45, 7) is 1.73. The van der Waals surface area contributed by atoms with E-state index in [9.17, 15) is 14.4 Å². The minimum absolute atomic E-state index is 0.133. The van der Waals surface area contributed by atoms with E-state index in [1.165, 1.54) is 6.20 Å². The summed E-state index contributed by atoms with van der Waals surface area (Å²) in [6.07, 6.45) is 1.52. The number of nitrogens with zero attached hydrogens (tertiary/aromatic N) is 2. The van der Waals surface area contributed by atoms with Gasteiger partial charge in [0, 0.05) is 6.42 Å². The molecule has 1 unspecified atom stereocenters. The van der Waals surface area contributed by atoms with E-state index in [1.54, 1.807) is 60.0 Å². The quantitative estimate of drug-likeness (QED) is 0.582. The van der Waals surface area contributed by atoms with Crippen LogP contribution in [-0.4, -0.2) is 33.2 Å². The van der Waals surface area contributed by atoms with Crippen molar-refractivity contribution < 1.29 is 14.4 Å². The molecule has 0 aliphatic rings. The fourth-order valence-corrected chi connectivity index (χ4v) is 3.22. The number of ketones is 1. The molecule has 0 aliphatic carbocycles. The minimum Gasteiger partial charge on any atom is -0.363 e. The van der Waals surface area contributed by atoms with Crippen molar-refractivity contribution in [3.63, 3.8) is 0 Å². The monoisotopic (exact) mass is 410 g/mol. The second-order valence-electron chi connectivity index (χ2n) is 6.42. The topological polar surface area (TPSA) is 107 Å². The van der Waals surface area contributed by atoms with Crippen LogP contribution < -0.4 is 11.1 Å². The van der Waals surface area contributed by atoms with Gasteiger partial charge in [-0.15, -0.1) is 0 Å². The summed E-state index contributed by atoms with van der Waals surface area (Å²) in [5.41, 5.74) is 6.72. The molecule has 3 aromatic rings. The zero-order valence-corrected chi connectivity index (χ0v) is 16.4. The molecule has 148 valence electrons. The van der Waals surface area contributed by atoms with E-state index >= 15 is 0 Å². The van der Waals surface area contributed by atoms with Crippen LogP contribution in [0.1, 0.15) is 21.9 Å². The van der Waals surface area contributed by atoms with Gasteiger partial charge in [-0.3, -0.25) is 19.0 Å². The molecular weight excluding hydrogens is 392 g/mol. The van der Waals surface area contributed by atoms with Gasteiger partial charge in [-0.25, -0.2) is 4.98 Å². The van der Waals surface area contributed by atoms with Gasteiger partial charge in [0.15, 0.2) is 0 Å².